The van der Waals surface area contributed by atoms with Crippen LogP contribution in [0.1, 0.15) is 11.6 Å². The topological polar surface area (TPSA) is 90.1 Å². The molecule has 0 fully saturated rings. The molecule has 0 saturated carbocycles. The van der Waals surface area contributed by atoms with Crippen LogP contribution in [-0.4, -0.2) is 28.7 Å². The van der Waals surface area contributed by atoms with Crippen LogP contribution in [0.25, 0.3) is 10.9 Å². The van der Waals surface area contributed by atoms with Crippen LogP contribution >= 0.6 is 11.6 Å². The smallest absolute Gasteiger partial charge is 0.319 e. The van der Waals surface area contributed by atoms with Crippen LogP contribution < -0.4 is 15.5 Å². The molecular weight excluding hydrogens is 366 g/mol. The average molecular weight is 380 g/mol. The van der Waals surface area contributed by atoms with Crippen LogP contribution in [0.2, 0.25) is 5.02 Å². The summed E-state index contributed by atoms with van der Waals surface area (Å²) in [5.41, 5.74) is 3.63. The van der Waals surface area contributed by atoms with Crippen molar-refractivity contribution in [2.45, 2.75) is 6.04 Å². The van der Waals surface area contributed by atoms with Gasteiger partial charge < -0.3 is 15.5 Å². The summed E-state index contributed by atoms with van der Waals surface area (Å²) >= 11 is 5.97. The molecule has 0 aliphatic carbocycles. The van der Waals surface area contributed by atoms with Gasteiger partial charge in [0.1, 0.15) is 0 Å². The van der Waals surface area contributed by atoms with Gasteiger partial charge in [0.2, 0.25) is 0 Å². The van der Waals surface area contributed by atoms with Crippen LogP contribution in [0.4, 0.5) is 10.5 Å². The number of nitrogens with one attached hydrogen (secondary N) is 3. The van der Waals surface area contributed by atoms with E-state index in [9.17, 15) is 9.59 Å². The zero-order chi connectivity index (χ0) is 18.5. The third-order valence-corrected chi connectivity index (χ3v) is 5.14. The van der Waals surface area contributed by atoms with Crippen LogP contribution in [0.5, 0.6) is 0 Å². The first-order chi connectivity index (χ1) is 13.1. The fourth-order valence-electron chi connectivity index (χ4n) is 3.58. The van der Waals surface area contributed by atoms with Gasteiger partial charge in [-0.1, -0.05) is 23.7 Å². The Balaban J connectivity index is 1.53. The molecular formula is C19H14ClN5O2. The van der Waals surface area contributed by atoms with Gasteiger partial charge in [-0.3, -0.25) is 9.89 Å². The van der Waals surface area contributed by atoms with E-state index in [1.54, 1.807) is 23.2 Å². The van der Waals surface area contributed by atoms with Crippen molar-refractivity contribution in [3.63, 3.8) is 0 Å². The van der Waals surface area contributed by atoms with E-state index in [0.29, 0.717) is 22.8 Å². The van der Waals surface area contributed by atoms with E-state index in [4.69, 9.17) is 11.6 Å². The molecule has 1 unspecified atom stereocenters. The number of aromatic nitrogens is 2. The Morgan fingerprint density at radius 1 is 1.11 bits per heavy atom. The molecule has 7 nitrogen and oxygen atoms in total. The van der Waals surface area contributed by atoms with Crippen molar-refractivity contribution in [1.29, 1.82) is 0 Å². The lowest BCUT2D eigenvalue weighted by Crippen LogP contribution is -2.44. The second-order valence-corrected chi connectivity index (χ2v) is 6.94. The highest BCUT2D eigenvalue weighted by atomic mass is 35.5. The SMILES string of the molecule is O=C1NC2=C(C(=O)N(c3ccc4[nH]ncc4c3)C2)C(c2ccc(Cl)cc2)N1. The third-order valence-electron chi connectivity index (χ3n) is 4.88. The van der Waals surface area contributed by atoms with Crippen molar-refractivity contribution in [2.75, 3.05) is 11.4 Å². The van der Waals surface area contributed by atoms with Gasteiger partial charge in [0, 0.05) is 16.1 Å². The van der Waals surface area contributed by atoms with Crippen molar-refractivity contribution >= 4 is 40.1 Å². The summed E-state index contributed by atoms with van der Waals surface area (Å²) < 4.78 is 0. The molecule has 27 heavy (non-hydrogen) atoms. The maximum atomic E-state index is 13.2. The zero-order valence-corrected chi connectivity index (χ0v) is 14.7. The highest BCUT2D eigenvalue weighted by Gasteiger charge is 2.40. The number of aromatic amines is 1. The first-order valence-corrected chi connectivity index (χ1v) is 8.79. The predicted octanol–water partition coefficient (Wildman–Crippen LogP) is 2.87. The second-order valence-electron chi connectivity index (χ2n) is 6.51. The van der Waals surface area contributed by atoms with Crippen LogP contribution in [0.15, 0.2) is 59.9 Å². The first-order valence-electron chi connectivity index (χ1n) is 8.41. The molecule has 3 heterocycles. The minimum Gasteiger partial charge on any atom is -0.327 e. The molecule has 2 aliphatic rings. The van der Waals surface area contributed by atoms with E-state index in [2.05, 4.69) is 20.8 Å². The first kappa shape index (κ1) is 15.9. The number of nitrogens with zero attached hydrogens (tertiary/aromatic N) is 2. The number of urea groups is 1. The number of halogens is 1. The van der Waals surface area contributed by atoms with Gasteiger partial charge in [0.25, 0.3) is 5.91 Å². The largest absolute Gasteiger partial charge is 0.327 e. The molecule has 2 aromatic carbocycles. The van der Waals surface area contributed by atoms with Gasteiger partial charge in [0.05, 0.1) is 35.6 Å². The average Bonchev–Trinajstić information content (AvgIpc) is 3.25. The normalized spacial score (nSPS) is 19.3. The lowest BCUT2D eigenvalue weighted by Gasteiger charge is -2.25. The molecule has 0 spiro atoms. The molecule has 1 aromatic heterocycles. The number of hydrogen-bond donors (Lipinski definition) is 3. The minimum atomic E-state index is -0.513. The van der Waals surface area contributed by atoms with Crippen molar-refractivity contribution in [3.8, 4) is 0 Å². The summed E-state index contributed by atoms with van der Waals surface area (Å²) in [5.74, 6) is -0.139. The van der Waals surface area contributed by atoms with Crippen LogP contribution in [0, 0.1) is 0 Å². The monoisotopic (exact) mass is 379 g/mol. The zero-order valence-electron chi connectivity index (χ0n) is 14.0. The molecule has 2 aliphatic heterocycles. The van der Waals surface area contributed by atoms with Crippen molar-refractivity contribution < 1.29 is 9.59 Å². The van der Waals surface area contributed by atoms with Crippen molar-refractivity contribution in [2.24, 2.45) is 0 Å². The number of hydrogen-bond acceptors (Lipinski definition) is 3. The summed E-state index contributed by atoms with van der Waals surface area (Å²) in [6, 6.07) is 11.9. The fraction of sp³-hybridized carbons (Fsp3) is 0.105. The molecule has 0 radical (unpaired) electrons. The molecule has 0 saturated heterocycles. The standard InChI is InChI=1S/C19H14ClN5O2/c20-12-3-1-10(2-4-12)17-16-15(22-19(27)23-17)9-25(18(16)26)13-5-6-14-11(7-13)8-21-24-14/h1-8,17H,9H2,(H,21,24)(H2,22,23,27). The number of benzene rings is 2. The molecule has 3 N–H and O–H groups in total. The van der Waals surface area contributed by atoms with Gasteiger partial charge in [-0.15, -0.1) is 0 Å². The number of amides is 3. The quantitative estimate of drug-likeness (QED) is 0.639. The number of carbonyl (C=O) groups is 2. The van der Waals surface area contributed by atoms with Gasteiger partial charge in [-0.05, 0) is 35.9 Å². The molecule has 5 rings (SSSR count). The predicted molar refractivity (Wildman–Crippen MR) is 101 cm³/mol. The highest BCUT2D eigenvalue weighted by molar-refractivity contribution is 6.30. The highest BCUT2D eigenvalue weighted by Crippen LogP contribution is 2.35. The van der Waals surface area contributed by atoms with E-state index < -0.39 is 6.04 Å². The Hall–Kier alpha value is -3.32. The summed E-state index contributed by atoms with van der Waals surface area (Å²) in [5, 5.41) is 14.0. The summed E-state index contributed by atoms with van der Waals surface area (Å²) in [6.07, 6.45) is 1.71. The van der Waals surface area contributed by atoms with E-state index in [1.807, 2.05) is 30.3 Å². The van der Waals surface area contributed by atoms with E-state index in [-0.39, 0.29) is 11.9 Å². The summed E-state index contributed by atoms with van der Waals surface area (Å²) in [4.78, 5) is 27.0. The van der Waals surface area contributed by atoms with Gasteiger partial charge >= 0.3 is 6.03 Å². The number of H-pyrrole nitrogens is 1. The molecule has 3 amide bonds. The fourth-order valence-corrected chi connectivity index (χ4v) is 3.71. The Morgan fingerprint density at radius 2 is 1.93 bits per heavy atom. The second kappa shape index (κ2) is 5.85. The summed E-state index contributed by atoms with van der Waals surface area (Å²) in [6.45, 7) is 0.315. The van der Waals surface area contributed by atoms with Gasteiger partial charge in [-0.25, -0.2) is 4.79 Å². The third kappa shape index (κ3) is 2.55. The lowest BCUT2D eigenvalue weighted by atomic mass is 9.96. The number of carbonyl (C=O) groups excluding carboxylic acids is 2. The van der Waals surface area contributed by atoms with Gasteiger partial charge in [-0.2, -0.15) is 5.10 Å². The maximum absolute atomic E-state index is 13.2. The summed E-state index contributed by atoms with van der Waals surface area (Å²) in [7, 11) is 0. The molecule has 8 heteroatoms. The van der Waals surface area contributed by atoms with Crippen molar-refractivity contribution in [3.05, 3.63) is 70.5 Å². The Morgan fingerprint density at radius 3 is 2.74 bits per heavy atom. The van der Waals surface area contributed by atoms with Crippen LogP contribution in [0.3, 0.4) is 0 Å². The number of anilines is 1. The Bertz CT molecular complexity index is 1120. The molecule has 1 atom stereocenters. The Kier molecular flexibility index (Phi) is 3.45. The molecule has 3 aromatic rings. The Labute approximate surface area is 159 Å². The van der Waals surface area contributed by atoms with Crippen LogP contribution in [-0.2, 0) is 4.79 Å². The van der Waals surface area contributed by atoms with E-state index in [1.165, 1.54) is 0 Å². The minimum absolute atomic E-state index is 0.139. The molecule has 134 valence electrons. The lowest BCUT2D eigenvalue weighted by molar-refractivity contribution is -0.114. The van der Waals surface area contributed by atoms with Crippen molar-refractivity contribution in [1.82, 2.24) is 20.8 Å². The van der Waals surface area contributed by atoms with E-state index >= 15 is 0 Å². The molecule has 0 bridgehead atoms. The van der Waals surface area contributed by atoms with Gasteiger partial charge in [0.15, 0.2) is 0 Å². The maximum Gasteiger partial charge on any atom is 0.319 e. The number of fused-ring (bicyclic) bond motifs is 1. The van der Waals surface area contributed by atoms with E-state index in [0.717, 1.165) is 22.2 Å². The number of rotatable bonds is 2.